The molecule has 31 heavy (non-hydrogen) atoms. The summed E-state index contributed by atoms with van der Waals surface area (Å²) >= 11 is 2.06. The average molecular weight is 452 g/mol. The van der Waals surface area contributed by atoms with Crippen molar-refractivity contribution in [2.24, 2.45) is 23.7 Å². The van der Waals surface area contributed by atoms with E-state index in [2.05, 4.69) is 70.5 Å². The monoisotopic (exact) mass is 451 g/mol. The summed E-state index contributed by atoms with van der Waals surface area (Å²) in [5, 5.41) is 21.0. The van der Waals surface area contributed by atoms with Crippen molar-refractivity contribution in [2.45, 2.75) is 97.3 Å². The van der Waals surface area contributed by atoms with Gasteiger partial charge in [0.05, 0.1) is 12.2 Å². The lowest BCUT2D eigenvalue weighted by Crippen LogP contribution is -2.39. The SMILES string of the molecule is CCCC[C@H](C)C[C@H](O)/C=C/[C@@H]1[C@H]2CC(CCSCCN(C)C(C)(C)C)=C[C@H]2C[C@H]1O. The van der Waals surface area contributed by atoms with E-state index in [1.165, 1.54) is 37.2 Å². The van der Waals surface area contributed by atoms with Crippen molar-refractivity contribution in [2.75, 3.05) is 25.1 Å². The Morgan fingerprint density at radius 1 is 1.29 bits per heavy atom. The average Bonchev–Trinajstić information content (AvgIpc) is 3.19. The highest BCUT2D eigenvalue weighted by Crippen LogP contribution is 2.48. The maximum atomic E-state index is 10.6. The number of rotatable bonds is 13. The molecule has 180 valence electrons. The van der Waals surface area contributed by atoms with Crippen molar-refractivity contribution >= 4 is 11.8 Å². The molecule has 0 aromatic heterocycles. The van der Waals surface area contributed by atoms with Gasteiger partial charge in [-0.2, -0.15) is 11.8 Å². The van der Waals surface area contributed by atoms with E-state index in [9.17, 15) is 10.2 Å². The number of nitrogens with zero attached hydrogens (tertiary/aromatic N) is 1. The normalized spacial score (nSPS) is 28.4. The molecule has 2 aliphatic carbocycles. The van der Waals surface area contributed by atoms with E-state index in [4.69, 9.17) is 0 Å². The number of hydrogen-bond acceptors (Lipinski definition) is 4. The Balaban J connectivity index is 1.72. The van der Waals surface area contributed by atoms with Crippen molar-refractivity contribution in [1.29, 1.82) is 0 Å². The van der Waals surface area contributed by atoms with Crippen LogP contribution < -0.4 is 0 Å². The van der Waals surface area contributed by atoms with Crippen LogP contribution in [0.4, 0.5) is 0 Å². The molecule has 0 aromatic rings. The van der Waals surface area contributed by atoms with Crippen LogP contribution in [-0.4, -0.2) is 58.0 Å². The van der Waals surface area contributed by atoms with Crippen LogP contribution in [-0.2, 0) is 0 Å². The molecule has 0 spiro atoms. The van der Waals surface area contributed by atoms with E-state index in [1.807, 2.05) is 6.08 Å². The third kappa shape index (κ3) is 8.87. The maximum Gasteiger partial charge on any atom is 0.0723 e. The van der Waals surface area contributed by atoms with Crippen LogP contribution in [0.15, 0.2) is 23.8 Å². The lowest BCUT2D eigenvalue weighted by atomic mass is 9.88. The third-order valence-corrected chi connectivity index (χ3v) is 8.45. The number of thioether (sulfide) groups is 1. The van der Waals surface area contributed by atoms with Gasteiger partial charge in [-0.05, 0) is 77.0 Å². The summed E-state index contributed by atoms with van der Waals surface area (Å²) in [6.07, 6.45) is 13.6. The van der Waals surface area contributed by atoms with Crippen LogP contribution in [0, 0.1) is 23.7 Å². The summed E-state index contributed by atoms with van der Waals surface area (Å²) < 4.78 is 0. The summed E-state index contributed by atoms with van der Waals surface area (Å²) in [4.78, 5) is 2.43. The fourth-order valence-electron chi connectivity index (χ4n) is 5.05. The number of allylic oxidation sites excluding steroid dienone is 2. The van der Waals surface area contributed by atoms with E-state index in [0.29, 0.717) is 17.8 Å². The Bertz CT molecular complexity index is 582. The number of aliphatic hydroxyl groups excluding tert-OH is 2. The van der Waals surface area contributed by atoms with Crippen molar-refractivity contribution in [1.82, 2.24) is 4.90 Å². The van der Waals surface area contributed by atoms with Crippen LogP contribution in [0.2, 0.25) is 0 Å². The van der Waals surface area contributed by atoms with Crippen LogP contribution >= 0.6 is 11.8 Å². The van der Waals surface area contributed by atoms with E-state index in [0.717, 1.165) is 25.8 Å². The van der Waals surface area contributed by atoms with Crippen LogP contribution in [0.1, 0.15) is 79.6 Å². The molecule has 1 fully saturated rings. The molecule has 0 heterocycles. The minimum atomic E-state index is -0.380. The molecule has 0 amide bonds. The lowest BCUT2D eigenvalue weighted by Gasteiger charge is -2.31. The molecule has 2 N–H and O–H groups in total. The fraction of sp³-hybridized carbons (Fsp3) is 0.852. The van der Waals surface area contributed by atoms with Crippen molar-refractivity contribution in [3.8, 4) is 0 Å². The van der Waals surface area contributed by atoms with Crippen LogP contribution in [0.5, 0.6) is 0 Å². The smallest absolute Gasteiger partial charge is 0.0723 e. The Hall–Kier alpha value is -0.290. The number of aliphatic hydroxyl groups is 2. The molecule has 2 aliphatic rings. The van der Waals surface area contributed by atoms with Crippen LogP contribution in [0.3, 0.4) is 0 Å². The quantitative estimate of drug-likeness (QED) is 0.270. The maximum absolute atomic E-state index is 10.6. The lowest BCUT2D eigenvalue weighted by molar-refractivity contribution is 0.139. The van der Waals surface area contributed by atoms with Crippen molar-refractivity contribution in [3.05, 3.63) is 23.8 Å². The first-order chi connectivity index (χ1) is 14.6. The molecule has 0 radical (unpaired) electrons. The zero-order valence-corrected chi connectivity index (χ0v) is 21.8. The second-order valence-electron chi connectivity index (χ2n) is 11.1. The van der Waals surface area contributed by atoms with Gasteiger partial charge >= 0.3 is 0 Å². The minimum absolute atomic E-state index is 0.201. The van der Waals surface area contributed by atoms with Crippen LogP contribution in [0.25, 0.3) is 0 Å². The zero-order chi connectivity index (χ0) is 23.0. The Labute approximate surface area is 196 Å². The predicted octanol–water partition coefficient (Wildman–Crippen LogP) is 5.92. The van der Waals surface area contributed by atoms with Gasteiger partial charge < -0.3 is 15.1 Å². The summed E-state index contributed by atoms with van der Waals surface area (Å²) in [6.45, 7) is 12.4. The Morgan fingerprint density at radius 3 is 2.71 bits per heavy atom. The molecule has 3 nitrogen and oxygen atoms in total. The molecule has 1 saturated carbocycles. The molecule has 6 atom stereocenters. The van der Waals surface area contributed by atoms with Gasteiger partial charge in [-0.15, -0.1) is 0 Å². The molecule has 0 aromatic carbocycles. The molecule has 0 saturated heterocycles. The molecule has 0 unspecified atom stereocenters. The molecule has 4 heteroatoms. The molecule has 0 aliphatic heterocycles. The number of unbranched alkanes of at least 4 members (excludes halogenated alkanes) is 1. The molecular formula is C27H49NO2S. The number of fused-ring (bicyclic) bond motifs is 1. The van der Waals surface area contributed by atoms with Gasteiger partial charge in [0.2, 0.25) is 0 Å². The molecular weight excluding hydrogens is 402 g/mol. The van der Waals surface area contributed by atoms with Crippen molar-refractivity contribution in [3.63, 3.8) is 0 Å². The topological polar surface area (TPSA) is 43.7 Å². The Kier molecular flexibility index (Phi) is 11.1. The first kappa shape index (κ1) is 27.0. The minimum Gasteiger partial charge on any atom is -0.392 e. The van der Waals surface area contributed by atoms with Gasteiger partial charge in [-0.25, -0.2) is 0 Å². The van der Waals surface area contributed by atoms with E-state index >= 15 is 0 Å². The predicted molar refractivity (Wildman–Crippen MR) is 137 cm³/mol. The van der Waals surface area contributed by atoms with Gasteiger partial charge in [0.25, 0.3) is 0 Å². The van der Waals surface area contributed by atoms with E-state index in [1.54, 1.807) is 5.57 Å². The largest absolute Gasteiger partial charge is 0.392 e. The first-order valence-corrected chi connectivity index (χ1v) is 13.8. The van der Waals surface area contributed by atoms with Gasteiger partial charge in [0.1, 0.15) is 0 Å². The first-order valence-electron chi connectivity index (χ1n) is 12.6. The molecule has 2 rings (SSSR count). The summed E-state index contributed by atoms with van der Waals surface area (Å²) in [5.74, 6) is 4.20. The highest BCUT2D eigenvalue weighted by atomic mass is 32.2. The second kappa shape index (κ2) is 12.8. The van der Waals surface area contributed by atoms with E-state index < -0.39 is 0 Å². The van der Waals surface area contributed by atoms with Gasteiger partial charge in [0.15, 0.2) is 0 Å². The molecule has 0 bridgehead atoms. The van der Waals surface area contributed by atoms with Crippen molar-refractivity contribution < 1.29 is 10.2 Å². The highest BCUT2D eigenvalue weighted by molar-refractivity contribution is 7.99. The second-order valence-corrected chi connectivity index (χ2v) is 12.4. The number of hydrogen-bond donors (Lipinski definition) is 2. The zero-order valence-electron chi connectivity index (χ0n) is 21.0. The van der Waals surface area contributed by atoms with E-state index in [-0.39, 0.29) is 23.7 Å². The van der Waals surface area contributed by atoms with Gasteiger partial charge in [-0.3, -0.25) is 0 Å². The summed E-state index contributed by atoms with van der Waals surface area (Å²) in [7, 11) is 2.21. The Morgan fingerprint density at radius 2 is 2.03 bits per heavy atom. The fourth-order valence-corrected chi connectivity index (χ4v) is 6.06. The summed E-state index contributed by atoms with van der Waals surface area (Å²) in [5.41, 5.74) is 1.84. The summed E-state index contributed by atoms with van der Waals surface area (Å²) in [6, 6.07) is 0. The van der Waals surface area contributed by atoms with Gasteiger partial charge in [-0.1, -0.05) is 56.9 Å². The van der Waals surface area contributed by atoms with Gasteiger partial charge in [0, 0.05) is 23.8 Å². The highest BCUT2D eigenvalue weighted by Gasteiger charge is 2.43. The standard InChI is InChI=1S/C27H49NO2S/c1-7-8-9-20(2)16-23(29)10-11-24-25-18-21(17-22(25)19-26(24)30)12-14-31-15-13-28(6)27(3,4)5/h10-11,17,20,22-26,29-30H,7-9,12-16,18-19H2,1-6H3/b11-10+/t20-,22-,23+,24+,25-,26+/m0/s1. The third-order valence-electron chi connectivity index (χ3n) is 7.48.